The predicted octanol–water partition coefficient (Wildman–Crippen LogP) is 4.07. The highest BCUT2D eigenvalue weighted by atomic mass is 32.1. The molecule has 0 amide bonds. The Balaban J connectivity index is 2.09. The van der Waals surface area contributed by atoms with Crippen molar-refractivity contribution in [3.05, 3.63) is 27.4 Å². The van der Waals surface area contributed by atoms with Crippen LogP contribution in [0.2, 0.25) is 0 Å². The van der Waals surface area contributed by atoms with Crippen LogP contribution in [0.1, 0.15) is 31.2 Å². The van der Waals surface area contributed by atoms with Gasteiger partial charge in [-0.1, -0.05) is 0 Å². The molecule has 0 aromatic carbocycles. The molecule has 0 unspecified atom stereocenters. The summed E-state index contributed by atoms with van der Waals surface area (Å²) >= 11 is 3.52. The molecule has 2 rings (SSSR count). The van der Waals surface area contributed by atoms with Crippen LogP contribution in [-0.2, 0) is 6.54 Å². The van der Waals surface area contributed by atoms with Gasteiger partial charge in [-0.25, -0.2) is 4.98 Å². The molecule has 4 heteroatoms. The van der Waals surface area contributed by atoms with Crippen LogP contribution in [0.5, 0.6) is 0 Å². The summed E-state index contributed by atoms with van der Waals surface area (Å²) in [6.07, 6.45) is 1.98. The highest BCUT2D eigenvalue weighted by molar-refractivity contribution is 7.15. The van der Waals surface area contributed by atoms with Gasteiger partial charge < -0.3 is 5.32 Å². The van der Waals surface area contributed by atoms with Crippen molar-refractivity contribution in [3.63, 3.8) is 0 Å². The third-order valence-electron chi connectivity index (χ3n) is 2.43. The van der Waals surface area contributed by atoms with Crippen LogP contribution in [0.15, 0.2) is 17.0 Å². The number of thiophene rings is 1. The lowest BCUT2D eigenvalue weighted by atomic mass is 10.1. The maximum atomic E-state index is 4.51. The Morgan fingerprint density at radius 2 is 2.06 bits per heavy atom. The molecular weight excluding hydrogens is 248 g/mol. The number of thiazole rings is 1. The topological polar surface area (TPSA) is 24.9 Å². The fraction of sp³-hybridized carbons (Fsp3) is 0.462. The Morgan fingerprint density at radius 3 is 2.65 bits per heavy atom. The van der Waals surface area contributed by atoms with Crippen molar-refractivity contribution in [1.29, 1.82) is 0 Å². The van der Waals surface area contributed by atoms with Gasteiger partial charge in [-0.2, -0.15) is 11.3 Å². The zero-order valence-corrected chi connectivity index (χ0v) is 12.3. The lowest BCUT2D eigenvalue weighted by molar-refractivity contribution is 0.426. The maximum Gasteiger partial charge on any atom is 0.124 e. The zero-order chi connectivity index (χ0) is 12.5. The first-order chi connectivity index (χ1) is 7.96. The molecule has 2 aromatic rings. The van der Waals surface area contributed by atoms with E-state index in [-0.39, 0.29) is 5.54 Å². The van der Waals surface area contributed by atoms with E-state index < -0.39 is 0 Å². The van der Waals surface area contributed by atoms with Gasteiger partial charge in [0.25, 0.3) is 0 Å². The van der Waals surface area contributed by atoms with E-state index in [2.05, 4.69) is 48.8 Å². The van der Waals surface area contributed by atoms with Crippen molar-refractivity contribution >= 4 is 22.7 Å². The van der Waals surface area contributed by atoms with Gasteiger partial charge in [-0.05, 0) is 38.6 Å². The Labute approximate surface area is 111 Å². The summed E-state index contributed by atoms with van der Waals surface area (Å²) in [5, 5.41) is 8.96. The van der Waals surface area contributed by atoms with Gasteiger partial charge in [0.2, 0.25) is 0 Å². The minimum absolute atomic E-state index is 0.155. The average Bonchev–Trinajstić information content (AvgIpc) is 2.81. The second-order valence-electron chi connectivity index (χ2n) is 5.20. The summed E-state index contributed by atoms with van der Waals surface area (Å²) in [5.41, 5.74) is 2.75. The van der Waals surface area contributed by atoms with E-state index >= 15 is 0 Å². The summed E-state index contributed by atoms with van der Waals surface area (Å²) < 4.78 is 0. The van der Waals surface area contributed by atoms with Crippen LogP contribution in [0.4, 0.5) is 0 Å². The second kappa shape index (κ2) is 4.88. The van der Waals surface area contributed by atoms with Crippen LogP contribution in [-0.4, -0.2) is 10.5 Å². The number of nitrogens with one attached hydrogen (secondary N) is 1. The molecule has 17 heavy (non-hydrogen) atoms. The molecule has 0 bridgehead atoms. The first-order valence-electron chi connectivity index (χ1n) is 5.68. The largest absolute Gasteiger partial charge is 0.307 e. The Hall–Kier alpha value is -0.710. The van der Waals surface area contributed by atoms with E-state index in [4.69, 9.17) is 0 Å². The van der Waals surface area contributed by atoms with Crippen LogP contribution in [0, 0.1) is 6.92 Å². The number of hydrogen-bond acceptors (Lipinski definition) is 4. The lowest BCUT2D eigenvalue weighted by Gasteiger charge is -2.19. The van der Waals surface area contributed by atoms with Gasteiger partial charge in [0, 0.05) is 34.1 Å². The van der Waals surface area contributed by atoms with Crippen molar-refractivity contribution in [2.24, 2.45) is 0 Å². The van der Waals surface area contributed by atoms with Gasteiger partial charge in [-0.15, -0.1) is 11.3 Å². The fourth-order valence-electron chi connectivity index (χ4n) is 1.45. The summed E-state index contributed by atoms with van der Waals surface area (Å²) in [7, 11) is 0. The standard InChI is InChI=1S/C13H18N2S2/c1-9-7-16-8-11(9)12-14-5-10(17-12)6-15-13(2,3)4/h5,7-8,15H,6H2,1-4H3. The number of hydrogen-bond donors (Lipinski definition) is 1. The average molecular weight is 266 g/mol. The molecule has 92 valence electrons. The highest BCUT2D eigenvalue weighted by Gasteiger charge is 2.11. The van der Waals surface area contributed by atoms with E-state index in [0.717, 1.165) is 11.6 Å². The van der Waals surface area contributed by atoms with Gasteiger partial charge >= 0.3 is 0 Å². The van der Waals surface area contributed by atoms with Crippen molar-refractivity contribution in [2.75, 3.05) is 0 Å². The molecule has 1 N–H and O–H groups in total. The van der Waals surface area contributed by atoms with Gasteiger partial charge in [0.05, 0.1) is 0 Å². The smallest absolute Gasteiger partial charge is 0.124 e. The van der Waals surface area contributed by atoms with E-state index in [9.17, 15) is 0 Å². The molecular formula is C13H18N2S2. The SMILES string of the molecule is Cc1cscc1-c1ncc(CNC(C)(C)C)s1. The monoisotopic (exact) mass is 266 g/mol. The van der Waals surface area contributed by atoms with Gasteiger partial charge in [-0.3, -0.25) is 0 Å². The number of nitrogens with zero attached hydrogens (tertiary/aromatic N) is 1. The number of aryl methyl sites for hydroxylation is 1. The molecule has 0 atom stereocenters. The molecule has 0 fully saturated rings. The summed E-state index contributed by atoms with van der Waals surface area (Å²) in [5.74, 6) is 0. The van der Waals surface area contributed by atoms with Crippen LogP contribution in [0.3, 0.4) is 0 Å². The van der Waals surface area contributed by atoms with E-state index in [1.807, 2.05) is 6.20 Å². The van der Waals surface area contributed by atoms with E-state index in [1.54, 1.807) is 22.7 Å². The first-order valence-corrected chi connectivity index (χ1v) is 7.44. The van der Waals surface area contributed by atoms with Crippen molar-refractivity contribution in [2.45, 2.75) is 39.8 Å². The fourth-order valence-corrected chi connectivity index (χ4v) is 3.29. The van der Waals surface area contributed by atoms with Gasteiger partial charge in [0.15, 0.2) is 0 Å². The Morgan fingerprint density at radius 1 is 1.29 bits per heavy atom. The van der Waals surface area contributed by atoms with Crippen molar-refractivity contribution in [1.82, 2.24) is 10.3 Å². The quantitative estimate of drug-likeness (QED) is 0.906. The molecule has 0 saturated heterocycles. The summed E-state index contributed by atoms with van der Waals surface area (Å²) in [6, 6.07) is 0. The molecule has 0 aliphatic carbocycles. The van der Waals surface area contributed by atoms with Crippen LogP contribution in [0.25, 0.3) is 10.6 Å². The van der Waals surface area contributed by atoms with Crippen LogP contribution >= 0.6 is 22.7 Å². The third kappa shape index (κ3) is 3.37. The van der Waals surface area contributed by atoms with Crippen molar-refractivity contribution < 1.29 is 0 Å². The second-order valence-corrected chi connectivity index (χ2v) is 7.06. The minimum Gasteiger partial charge on any atom is -0.307 e. The molecule has 2 aromatic heterocycles. The molecule has 2 heterocycles. The molecule has 2 nitrogen and oxygen atoms in total. The number of rotatable bonds is 3. The van der Waals surface area contributed by atoms with E-state index in [1.165, 1.54) is 16.0 Å². The molecule has 0 radical (unpaired) electrons. The Bertz CT molecular complexity index is 491. The lowest BCUT2D eigenvalue weighted by Crippen LogP contribution is -2.34. The molecule has 0 aliphatic rings. The zero-order valence-electron chi connectivity index (χ0n) is 10.7. The van der Waals surface area contributed by atoms with Gasteiger partial charge in [0.1, 0.15) is 5.01 Å². The normalized spacial score (nSPS) is 12.0. The van der Waals surface area contributed by atoms with E-state index in [0.29, 0.717) is 0 Å². The third-order valence-corrected chi connectivity index (χ3v) is 4.32. The highest BCUT2D eigenvalue weighted by Crippen LogP contribution is 2.30. The number of aromatic nitrogens is 1. The first kappa shape index (κ1) is 12.7. The van der Waals surface area contributed by atoms with Crippen molar-refractivity contribution in [3.8, 4) is 10.6 Å². The molecule has 0 spiro atoms. The maximum absolute atomic E-state index is 4.51. The summed E-state index contributed by atoms with van der Waals surface area (Å²) in [4.78, 5) is 5.80. The molecule has 0 saturated carbocycles. The predicted molar refractivity (Wildman–Crippen MR) is 76.8 cm³/mol. The molecule has 0 aliphatic heterocycles. The Kier molecular flexibility index (Phi) is 3.66. The summed E-state index contributed by atoms with van der Waals surface area (Å²) in [6.45, 7) is 9.57. The van der Waals surface area contributed by atoms with Crippen LogP contribution < -0.4 is 5.32 Å². The minimum atomic E-state index is 0.155.